The van der Waals surface area contributed by atoms with Crippen LogP contribution in [0.15, 0.2) is 12.2 Å². The van der Waals surface area contributed by atoms with E-state index in [2.05, 4.69) is 9.47 Å². The molecule has 0 fully saturated rings. The summed E-state index contributed by atoms with van der Waals surface area (Å²) in [5.74, 6) is -172. The van der Waals surface area contributed by atoms with Gasteiger partial charge in [0.2, 0.25) is 0 Å². The molecule has 0 rings (SSSR count). The first-order valence-electron chi connectivity index (χ1n) is 16.9. The van der Waals surface area contributed by atoms with Gasteiger partial charge in [0.15, 0.2) is 0 Å². The highest BCUT2D eigenvalue weighted by Crippen LogP contribution is 2.68. The third-order valence-corrected chi connectivity index (χ3v) is 9.31. The summed E-state index contributed by atoms with van der Waals surface area (Å²) >= 11 is 0. The Bertz CT molecular complexity index is 1850. The fourth-order valence-electron chi connectivity index (χ4n) is 4.68. The van der Waals surface area contributed by atoms with Crippen molar-refractivity contribution in [3.05, 3.63) is 12.2 Å². The van der Waals surface area contributed by atoms with E-state index < -0.39 is 183 Å². The van der Waals surface area contributed by atoms with Crippen molar-refractivity contribution in [1.82, 2.24) is 0 Å². The quantitative estimate of drug-likeness (QED) is 0.0549. The fourth-order valence-corrected chi connectivity index (χ4v) is 4.68. The van der Waals surface area contributed by atoms with E-state index >= 15 is 8.78 Å². The van der Waals surface area contributed by atoms with E-state index in [1.165, 1.54) is 0 Å². The van der Waals surface area contributed by atoms with Crippen molar-refractivity contribution in [2.45, 2.75) is 147 Å². The predicted octanol–water partition coefficient (Wildman–Crippen LogP) is 14.0. The maximum absolute atomic E-state index is 15.4. The average Bonchev–Trinajstić information content (AvgIpc) is 3.18. The van der Waals surface area contributed by atoms with Gasteiger partial charge in [-0.15, -0.1) is 0 Å². The van der Waals surface area contributed by atoms with Gasteiger partial charge in [-0.3, -0.25) is 0 Å². The van der Waals surface area contributed by atoms with Gasteiger partial charge in [0.05, 0.1) is 0 Å². The van der Waals surface area contributed by atoms with Crippen LogP contribution < -0.4 is 0 Å². The van der Waals surface area contributed by atoms with E-state index in [1.807, 2.05) is 0 Å². The van der Waals surface area contributed by atoms with E-state index in [0.717, 1.165) is 0 Å². The number of carbonyl (C=O) groups excluding carboxylic acids is 2. The zero-order valence-corrected chi connectivity index (χ0v) is 33.5. The van der Waals surface area contributed by atoms with Crippen LogP contribution in [-0.2, 0) is 19.1 Å². The number of carbonyl (C=O) groups is 2. The molecule has 0 aliphatic carbocycles. The van der Waals surface area contributed by atoms with E-state index in [9.17, 15) is 168 Å². The number of hydrogen-bond donors (Lipinski definition) is 0. The highest BCUT2D eigenvalue weighted by atomic mass is 19.4. The summed E-state index contributed by atoms with van der Waals surface area (Å²) < 4.78 is 534. The minimum atomic E-state index is -9.47. The summed E-state index contributed by atoms with van der Waals surface area (Å²) in [4.78, 5) is 23.9. The Hall–Kier alpha value is -3.98. The fraction of sp³-hybridized carbons (Fsp3) is 0.867. The zero-order chi connectivity index (χ0) is 59.3. The first-order chi connectivity index (χ1) is 30.8. The van der Waals surface area contributed by atoms with Gasteiger partial charge in [-0.2, -0.15) is 149 Å². The summed E-state index contributed by atoms with van der Waals surface area (Å²) in [7, 11) is 0. The van der Waals surface area contributed by atoms with Crippen LogP contribution in [-0.4, -0.2) is 131 Å². The molecule has 0 N–H and O–H groups in total. The molecule has 72 heavy (non-hydrogen) atoms. The third kappa shape index (κ3) is 8.71. The molecule has 4 nitrogen and oxygen atoms in total. The van der Waals surface area contributed by atoms with Crippen LogP contribution in [0.5, 0.6) is 0 Å². The minimum Gasteiger partial charge on any atom is -0.418 e. The molecule has 0 saturated carbocycles. The maximum atomic E-state index is 15.4. The molecule has 0 bridgehead atoms. The second-order valence-electron chi connectivity index (χ2n) is 14.7. The molecule has 0 saturated heterocycles. The van der Waals surface area contributed by atoms with Crippen molar-refractivity contribution in [1.29, 1.82) is 0 Å². The SMILES string of the molecule is CC(C)C(F)(OC(=O)/C=C/C(=O)OC(F)(C(C)C)C(F)(F)C(F)(F)C(F)(F)C(F)(F)C(F)(F)C(F)(F)C(F)(F)C(F)(F)C(F)F)C(F)(F)C(F)(F)C(F)(F)C(F)(F)C(F)(F)C(F)(F)C(F)(F)C(F)(F)C(F)F. The second-order valence-corrected chi connectivity index (χ2v) is 14.7. The van der Waals surface area contributed by atoms with Gasteiger partial charge in [0, 0.05) is 24.0 Å². The lowest BCUT2D eigenvalue weighted by atomic mass is 9.84. The van der Waals surface area contributed by atoms with Gasteiger partial charge in [-0.05, 0) is 0 Å². The molecular weight excluding hydrogens is 1150 g/mol. The van der Waals surface area contributed by atoms with Crippen LogP contribution in [0.25, 0.3) is 0 Å². The van der Waals surface area contributed by atoms with Gasteiger partial charge in [0.1, 0.15) is 0 Å². The highest BCUT2D eigenvalue weighted by molar-refractivity contribution is 5.92. The molecule has 428 valence electrons. The van der Waals surface area contributed by atoms with Crippen molar-refractivity contribution in [3.63, 3.8) is 0 Å². The highest BCUT2D eigenvalue weighted by Gasteiger charge is 2.99. The Labute approximate surface area is 369 Å². The normalized spacial score (nSPS) is 17.8. The standard InChI is InChI=1S/C30H18F38O4/c1-7(2)15(39,19(45,46)23(53,54)27(61,62)29(65,66)25(57,58)21(49,50)17(41,42)13(35,36)11(31)32)71-9(69)5-6-10(70)72-16(40,8(3)4)20(47,48)24(55,56)28(63,64)30(67,68)26(59,60)22(51,52)18(43,44)14(37,38)12(33)34/h5-8,11-12H,1-4H3/b6-5+. The Balaban J connectivity index is 7.41. The lowest BCUT2D eigenvalue weighted by molar-refractivity contribution is -0.469. The van der Waals surface area contributed by atoms with Crippen molar-refractivity contribution < 1.29 is 186 Å². The van der Waals surface area contributed by atoms with Crippen molar-refractivity contribution >= 4 is 11.9 Å². The molecule has 0 spiro atoms. The topological polar surface area (TPSA) is 52.6 Å². The van der Waals surface area contributed by atoms with Crippen LogP contribution >= 0.6 is 0 Å². The van der Waals surface area contributed by atoms with Gasteiger partial charge in [-0.1, -0.05) is 27.7 Å². The van der Waals surface area contributed by atoms with Crippen molar-refractivity contribution in [2.24, 2.45) is 11.8 Å². The van der Waals surface area contributed by atoms with Crippen LogP contribution in [0.3, 0.4) is 0 Å². The monoisotopic (exact) mass is 1160 g/mol. The largest absolute Gasteiger partial charge is 0.418 e. The predicted molar refractivity (Wildman–Crippen MR) is 150 cm³/mol. The average molecular weight is 1160 g/mol. The van der Waals surface area contributed by atoms with E-state index in [4.69, 9.17) is 0 Å². The molecule has 0 amide bonds. The summed E-state index contributed by atoms with van der Waals surface area (Å²) in [6.45, 7) is -1.98. The van der Waals surface area contributed by atoms with Crippen LogP contribution in [0, 0.1) is 11.8 Å². The Morgan fingerprint density at radius 2 is 0.417 bits per heavy atom. The zero-order valence-electron chi connectivity index (χ0n) is 33.5. The molecule has 0 radical (unpaired) electrons. The first kappa shape index (κ1) is 68.0. The van der Waals surface area contributed by atoms with Gasteiger partial charge < -0.3 is 9.47 Å². The summed E-state index contributed by atoms with van der Waals surface area (Å²) in [6.07, 6.45) is -15.8. The molecule has 42 heteroatoms. The summed E-state index contributed by atoms with van der Waals surface area (Å²) in [5.41, 5.74) is 0. The lowest BCUT2D eigenvalue weighted by Gasteiger charge is -2.46. The van der Waals surface area contributed by atoms with E-state index in [0.29, 0.717) is 0 Å². The number of ether oxygens (including phenoxy) is 2. The molecule has 0 aromatic carbocycles. The molecule has 0 aliphatic rings. The number of esters is 2. The van der Waals surface area contributed by atoms with E-state index in [1.54, 1.807) is 0 Å². The van der Waals surface area contributed by atoms with Crippen molar-refractivity contribution in [2.75, 3.05) is 0 Å². The number of rotatable bonds is 24. The van der Waals surface area contributed by atoms with Crippen molar-refractivity contribution in [3.8, 4) is 0 Å². The molecule has 2 unspecified atom stereocenters. The van der Waals surface area contributed by atoms with Gasteiger partial charge >= 0.3 is 131 Å². The summed E-state index contributed by atoms with van der Waals surface area (Å²) in [5, 5.41) is 0. The molecule has 0 heterocycles. The first-order valence-corrected chi connectivity index (χ1v) is 16.9. The molecule has 0 aromatic rings. The Morgan fingerprint density at radius 1 is 0.278 bits per heavy atom. The number of hydrogen-bond acceptors (Lipinski definition) is 4. The molecule has 2 atom stereocenters. The minimum absolute atomic E-state index is 0.496. The van der Waals surface area contributed by atoms with E-state index in [-0.39, 0.29) is 0 Å². The Kier molecular flexibility index (Phi) is 17.4. The number of halogens is 38. The summed E-state index contributed by atoms with van der Waals surface area (Å²) in [6, 6.07) is 0. The lowest BCUT2D eigenvalue weighted by Crippen LogP contribution is -2.77. The van der Waals surface area contributed by atoms with Crippen LogP contribution in [0.1, 0.15) is 27.7 Å². The van der Waals surface area contributed by atoms with Gasteiger partial charge in [-0.25, -0.2) is 27.2 Å². The third-order valence-electron chi connectivity index (χ3n) is 9.31. The maximum Gasteiger partial charge on any atom is 0.385 e. The Morgan fingerprint density at radius 3 is 0.556 bits per heavy atom. The van der Waals surface area contributed by atoms with Crippen LogP contribution in [0.4, 0.5) is 167 Å². The molecule has 0 aliphatic heterocycles. The smallest absolute Gasteiger partial charge is 0.385 e. The number of alkyl halides is 38. The molecule has 0 aromatic heterocycles. The van der Waals surface area contributed by atoms with Gasteiger partial charge in [0.25, 0.3) is 0 Å². The van der Waals surface area contributed by atoms with Crippen LogP contribution in [0.2, 0.25) is 0 Å². The molecular formula is C30H18F38O4. The second kappa shape index (κ2) is 18.4.